The first-order valence-corrected chi connectivity index (χ1v) is 8.31. The van der Waals surface area contributed by atoms with Crippen molar-refractivity contribution in [2.24, 2.45) is 0 Å². The number of ether oxygens (including phenoxy) is 1. The van der Waals surface area contributed by atoms with Gasteiger partial charge in [-0.05, 0) is 18.2 Å². The first-order valence-electron chi connectivity index (χ1n) is 6.50. The summed E-state index contributed by atoms with van der Waals surface area (Å²) in [4.78, 5) is 3.66. The summed E-state index contributed by atoms with van der Waals surface area (Å²) in [5, 5.41) is 0.490. The molecule has 0 bridgehead atoms. The normalized spacial score (nSPS) is 16.3. The van der Waals surface area contributed by atoms with E-state index in [4.69, 9.17) is 16.3 Å². The molecule has 5 nitrogen and oxygen atoms in total. The molecule has 0 unspecified atom stereocenters. The molecule has 1 aliphatic heterocycles. The van der Waals surface area contributed by atoms with Gasteiger partial charge in [0, 0.05) is 12.3 Å². The van der Waals surface area contributed by atoms with Crippen molar-refractivity contribution in [2.75, 3.05) is 13.1 Å². The van der Waals surface area contributed by atoms with Crippen molar-refractivity contribution in [1.29, 1.82) is 0 Å². The lowest BCUT2D eigenvalue weighted by molar-refractivity contribution is 0.0719. The second kappa shape index (κ2) is 5.83. The van der Waals surface area contributed by atoms with Crippen molar-refractivity contribution in [3.05, 3.63) is 53.4 Å². The largest absolute Gasteiger partial charge is 0.472 e. The Morgan fingerprint density at radius 1 is 1.23 bits per heavy atom. The second-order valence-electron chi connectivity index (χ2n) is 4.81. The van der Waals surface area contributed by atoms with Crippen LogP contribution in [0.15, 0.2) is 47.5 Å². The minimum atomic E-state index is -3.83. The van der Waals surface area contributed by atoms with Gasteiger partial charge in [-0.15, -0.1) is 0 Å². The molecule has 2 heterocycles. The summed E-state index contributed by atoms with van der Waals surface area (Å²) in [5.41, 5.74) is 0. The minimum absolute atomic E-state index is 0.154. The van der Waals surface area contributed by atoms with Crippen LogP contribution in [0.1, 0.15) is 0 Å². The van der Waals surface area contributed by atoms with Gasteiger partial charge in [-0.1, -0.05) is 23.7 Å². The summed E-state index contributed by atoms with van der Waals surface area (Å²) < 4.78 is 44.9. The van der Waals surface area contributed by atoms with Crippen molar-refractivity contribution < 1.29 is 17.5 Å². The number of hydrogen-bond donors (Lipinski definition) is 0. The molecular weight excluding hydrogens is 331 g/mol. The Morgan fingerprint density at radius 2 is 1.95 bits per heavy atom. The summed E-state index contributed by atoms with van der Waals surface area (Å²) in [6.07, 6.45) is 1.14. The van der Waals surface area contributed by atoms with Crippen LogP contribution in [0.5, 0.6) is 5.88 Å². The van der Waals surface area contributed by atoms with Crippen molar-refractivity contribution in [2.45, 2.75) is 11.0 Å². The molecule has 22 heavy (non-hydrogen) atoms. The maximum absolute atomic E-state index is 13.6. The SMILES string of the molecule is O=S(=O)(c1ccccc1F)N1CC(Oc2ccc(Cl)cn2)C1. The zero-order valence-corrected chi connectivity index (χ0v) is 12.9. The third-order valence-corrected chi connectivity index (χ3v) is 5.35. The van der Waals surface area contributed by atoms with E-state index in [0.717, 1.165) is 6.07 Å². The molecule has 0 N–H and O–H groups in total. The van der Waals surface area contributed by atoms with Crippen LogP contribution in [-0.4, -0.2) is 36.9 Å². The van der Waals surface area contributed by atoms with Gasteiger partial charge < -0.3 is 4.74 Å². The number of hydrogen-bond acceptors (Lipinski definition) is 4. The first-order chi connectivity index (χ1) is 10.5. The number of sulfonamides is 1. The molecule has 0 aliphatic carbocycles. The van der Waals surface area contributed by atoms with E-state index in [0.29, 0.717) is 10.9 Å². The quantitative estimate of drug-likeness (QED) is 0.855. The molecule has 1 aromatic carbocycles. The van der Waals surface area contributed by atoms with Crippen molar-refractivity contribution in [1.82, 2.24) is 9.29 Å². The molecule has 0 radical (unpaired) electrons. The van der Waals surface area contributed by atoms with Gasteiger partial charge in [0.1, 0.15) is 16.8 Å². The number of benzene rings is 1. The molecule has 0 atom stereocenters. The molecule has 0 saturated carbocycles. The second-order valence-corrected chi connectivity index (χ2v) is 7.15. The fourth-order valence-corrected chi connectivity index (χ4v) is 3.75. The van der Waals surface area contributed by atoms with Crippen LogP contribution in [0.3, 0.4) is 0 Å². The van der Waals surface area contributed by atoms with Gasteiger partial charge in [-0.2, -0.15) is 4.31 Å². The molecule has 0 amide bonds. The molecule has 3 rings (SSSR count). The van der Waals surface area contributed by atoms with Crippen LogP contribution >= 0.6 is 11.6 Å². The molecule has 2 aromatic rings. The van der Waals surface area contributed by atoms with Crippen LogP contribution in [0.2, 0.25) is 5.02 Å². The third kappa shape index (κ3) is 2.92. The van der Waals surface area contributed by atoms with E-state index in [1.54, 1.807) is 12.1 Å². The molecule has 1 aromatic heterocycles. The first kappa shape index (κ1) is 15.2. The Hall–Kier alpha value is -1.70. The lowest BCUT2D eigenvalue weighted by Gasteiger charge is -2.37. The smallest absolute Gasteiger partial charge is 0.246 e. The summed E-state index contributed by atoms with van der Waals surface area (Å²) in [7, 11) is -3.83. The van der Waals surface area contributed by atoms with Crippen molar-refractivity contribution >= 4 is 21.6 Å². The standard InChI is InChI=1S/C14H12ClFN2O3S/c15-10-5-6-14(17-7-10)21-11-8-18(9-11)22(19,20)13-4-2-1-3-12(13)16/h1-7,11H,8-9H2. The Bertz CT molecular complexity index is 777. The Kier molecular flexibility index (Phi) is 4.03. The number of nitrogens with zero attached hydrogens (tertiary/aromatic N) is 2. The van der Waals surface area contributed by atoms with E-state index in [1.165, 1.54) is 28.7 Å². The molecule has 1 saturated heterocycles. The predicted octanol–water partition coefficient (Wildman–Crippen LogP) is 2.33. The van der Waals surface area contributed by atoms with Gasteiger partial charge >= 0.3 is 0 Å². The summed E-state index contributed by atoms with van der Waals surface area (Å²) >= 11 is 5.72. The molecule has 116 valence electrons. The molecule has 1 aliphatic rings. The summed E-state index contributed by atoms with van der Waals surface area (Å²) in [6, 6.07) is 8.55. The highest BCUT2D eigenvalue weighted by Gasteiger charge is 2.39. The summed E-state index contributed by atoms with van der Waals surface area (Å²) in [5.74, 6) is -0.386. The molecule has 8 heteroatoms. The molecule has 0 spiro atoms. The Labute approximate surface area is 132 Å². The summed E-state index contributed by atoms with van der Waals surface area (Å²) in [6.45, 7) is 0.307. The van der Waals surface area contributed by atoms with Crippen LogP contribution in [0, 0.1) is 5.82 Å². The fraction of sp³-hybridized carbons (Fsp3) is 0.214. The highest BCUT2D eigenvalue weighted by molar-refractivity contribution is 7.89. The number of halogens is 2. The highest BCUT2D eigenvalue weighted by atomic mass is 35.5. The van der Waals surface area contributed by atoms with Gasteiger partial charge in [0.2, 0.25) is 15.9 Å². The van der Waals surface area contributed by atoms with E-state index in [9.17, 15) is 12.8 Å². The Morgan fingerprint density at radius 3 is 2.59 bits per heavy atom. The maximum Gasteiger partial charge on any atom is 0.246 e. The average Bonchev–Trinajstić information content (AvgIpc) is 2.44. The highest BCUT2D eigenvalue weighted by Crippen LogP contribution is 2.25. The van der Waals surface area contributed by atoms with Gasteiger partial charge in [0.25, 0.3) is 0 Å². The lowest BCUT2D eigenvalue weighted by Crippen LogP contribution is -2.56. The van der Waals surface area contributed by atoms with Crippen LogP contribution in [-0.2, 0) is 10.0 Å². The van der Waals surface area contributed by atoms with Gasteiger partial charge in [0.05, 0.1) is 18.1 Å². The van der Waals surface area contributed by atoms with E-state index >= 15 is 0 Å². The predicted molar refractivity (Wildman–Crippen MR) is 78.8 cm³/mol. The van der Waals surface area contributed by atoms with Crippen LogP contribution in [0.25, 0.3) is 0 Å². The topological polar surface area (TPSA) is 59.5 Å². The number of pyridine rings is 1. The lowest BCUT2D eigenvalue weighted by atomic mass is 10.2. The number of rotatable bonds is 4. The Balaban J connectivity index is 1.65. The molecule has 1 fully saturated rings. The zero-order chi connectivity index (χ0) is 15.7. The van der Waals surface area contributed by atoms with Crippen LogP contribution in [0.4, 0.5) is 4.39 Å². The molecular formula is C14H12ClFN2O3S. The average molecular weight is 343 g/mol. The van der Waals surface area contributed by atoms with E-state index in [-0.39, 0.29) is 24.1 Å². The van der Waals surface area contributed by atoms with E-state index in [1.807, 2.05) is 0 Å². The van der Waals surface area contributed by atoms with Crippen LogP contribution < -0.4 is 4.74 Å². The fourth-order valence-electron chi connectivity index (χ4n) is 2.07. The van der Waals surface area contributed by atoms with Crippen molar-refractivity contribution in [3.63, 3.8) is 0 Å². The maximum atomic E-state index is 13.6. The van der Waals surface area contributed by atoms with Crippen molar-refractivity contribution in [3.8, 4) is 5.88 Å². The zero-order valence-electron chi connectivity index (χ0n) is 11.3. The third-order valence-electron chi connectivity index (χ3n) is 3.26. The van der Waals surface area contributed by atoms with E-state index < -0.39 is 15.8 Å². The van der Waals surface area contributed by atoms with E-state index in [2.05, 4.69) is 4.98 Å². The van der Waals surface area contributed by atoms with Gasteiger partial charge in [-0.3, -0.25) is 0 Å². The minimum Gasteiger partial charge on any atom is -0.472 e. The van der Waals surface area contributed by atoms with Gasteiger partial charge in [-0.25, -0.2) is 17.8 Å². The monoisotopic (exact) mass is 342 g/mol. The number of aromatic nitrogens is 1. The van der Waals surface area contributed by atoms with Gasteiger partial charge in [0.15, 0.2) is 0 Å².